The van der Waals surface area contributed by atoms with Crippen LogP contribution in [0.5, 0.6) is 0 Å². The molecule has 0 radical (unpaired) electrons. The smallest absolute Gasteiger partial charge is 0.0595 e. The van der Waals surface area contributed by atoms with Gasteiger partial charge in [-0.2, -0.15) is 0 Å². The number of hydrogen-bond donors (Lipinski definition) is 2. The first-order valence-electron chi connectivity index (χ1n) is 3.78. The Morgan fingerprint density at radius 3 is 2.30 bits per heavy atom. The Morgan fingerprint density at radius 1 is 1.30 bits per heavy atom. The fourth-order valence-corrected chi connectivity index (χ4v) is 1.95. The number of halogens is 1. The van der Waals surface area contributed by atoms with E-state index >= 15 is 0 Å². The van der Waals surface area contributed by atoms with Crippen LogP contribution in [0.2, 0.25) is 0 Å². The van der Waals surface area contributed by atoms with Crippen molar-refractivity contribution in [3.63, 3.8) is 0 Å². The summed E-state index contributed by atoms with van der Waals surface area (Å²) in [6.07, 6.45) is 3.51. The first-order chi connectivity index (χ1) is 4.36. The molecule has 2 nitrogen and oxygen atoms in total. The minimum absolute atomic E-state index is 0. The Kier molecular flexibility index (Phi) is 2.55. The minimum atomic E-state index is 0. The summed E-state index contributed by atoms with van der Waals surface area (Å²) in [6, 6.07) is 0.630. The molecule has 0 aromatic rings. The molecule has 0 spiro atoms. The van der Waals surface area contributed by atoms with Crippen molar-refractivity contribution < 1.29 is 5.11 Å². The van der Waals surface area contributed by atoms with Crippen LogP contribution in [0.15, 0.2) is 0 Å². The summed E-state index contributed by atoms with van der Waals surface area (Å²) in [6.45, 7) is 1.05. The molecule has 2 aliphatic heterocycles. The van der Waals surface area contributed by atoms with Crippen LogP contribution in [0.25, 0.3) is 0 Å². The van der Waals surface area contributed by atoms with Crippen molar-refractivity contribution in [2.24, 2.45) is 5.92 Å². The lowest BCUT2D eigenvalue weighted by atomic mass is 9.79. The zero-order valence-corrected chi connectivity index (χ0v) is 6.73. The van der Waals surface area contributed by atoms with Gasteiger partial charge in [0.15, 0.2) is 0 Å². The predicted molar refractivity (Wildman–Crippen MR) is 42.4 cm³/mol. The van der Waals surface area contributed by atoms with Gasteiger partial charge in [0.05, 0.1) is 6.10 Å². The lowest BCUT2D eigenvalue weighted by Gasteiger charge is -2.40. The SMILES string of the molecule is Cl.O[C@@H]1CC2CC[C@H]1CN2. The standard InChI is InChI=1S/C7H13NO.ClH/c9-7-3-6-2-1-5(7)4-8-6;/h5-9H,1-4H2;1H/t5-,6?,7+;/m0./s1. The second-order valence-electron chi connectivity index (χ2n) is 3.25. The third-order valence-electron chi connectivity index (χ3n) is 2.62. The summed E-state index contributed by atoms with van der Waals surface area (Å²) in [4.78, 5) is 0. The molecule has 60 valence electrons. The van der Waals surface area contributed by atoms with Crippen LogP contribution in [0, 0.1) is 5.92 Å². The van der Waals surface area contributed by atoms with Crippen LogP contribution < -0.4 is 5.32 Å². The number of hydrogen-bond acceptors (Lipinski definition) is 2. The molecule has 0 aromatic heterocycles. The van der Waals surface area contributed by atoms with Crippen molar-refractivity contribution in [1.29, 1.82) is 0 Å². The third kappa shape index (κ3) is 1.29. The molecule has 3 fully saturated rings. The van der Waals surface area contributed by atoms with Crippen LogP contribution in [0.1, 0.15) is 19.3 Å². The van der Waals surface area contributed by atoms with E-state index in [1.165, 1.54) is 12.8 Å². The Labute approximate surface area is 67.4 Å². The van der Waals surface area contributed by atoms with Crippen molar-refractivity contribution >= 4 is 12.4 Å². The van der Waals surface area contributed by atoms with E-state index in [4.69, 9.17) is 0 Å². The fraction of sp³-hybridized carbons (Fsp3) is 1.00. The van der Waals surface area contributed by atoms with Gasteiger partial charge in [0.2, 0.25) is 0 Å². The van der Waals surface area contributed by atoms with Crippen LogP contribution in [0.4, 0.5) is 0 Å². The summed E-state index contributed by atoms with van der Waals surface area (Å²) in [5.74, 6) is 0.565. The molecule has 3 rings (SSSR count). The number of nitrogens with one attached hydrogen (secondary N) is 1. The number of aliphatic hydroxyl groups is 1. The third-order valence-corrected chi connectivity index (χ3v) is 2.62. The van der Waals surface area contributed by atoms with E-state index in [9.17, 15) is 5.11 Å². The molecule has 1 aliphatic carbocycles. The van der Waals surface area contributed by atoms with E-state index in [-0.39, 0.29) is 18.5 Å². The highest BCUT2D eigenvalue weighted by atomic mass is 35.5. The van der Waals surface area contributed by atoms with Gasteiger partial charge in [-0.1, -0.05) is 0 Å². The largest absolute Gasteiger partial charge is 0.393 e. The highest BCUT2D eigenvalue weighted by molar-refractivity contribution is 5.85. The van der Waals surface area contributed by atoms with Crippen molar-refractivity contribution in [3.8, 4) is 0 Å². The van der Waals surface area contributed by atoms with Gasteiger partial charge in [0.1, 0.15) is 0 Å². The van der Waals surface area contributed by atoms with Gasteiger partial charge in [0, 0.05) is 12.6 Å². The van der Waals surface area contributed by atoms with Gasteiger partial charge in [-0.25, -0.2) is 0 Å². The predicted octanol–water partition coefficient (Wildman–Crippen LogP) is 0.541. The summed E-state index contributed by atoms with van der Waals surface area (Å²) in [5.41, 5.74) is 0. The molecule has 2 bridgehead atoms. The van der Waals surface area contributed by atoms with Crippen LogP contribution in [-0.2, 0) is 0 Å². The number of piperidine rings is 2. The molecule has 1 unspecified atom stereocenters. The molecule has 2 N–H and O–H groups in total. The van der Waals surface area contributed by atoms with E-state index in [0.717, 1.165) is 13.0 Å². The number of fused-ring (bicyclic) bond motifs is 3. The second kappa shape index (κ2) is 3.07. The molecular weight excluding hydrogens is 150 g/mol. The van der Waals surface area contributed by atoms with Gasteiger partial charge in [-0.3, -0.25) is 0 Å². The molecule has 0 amide bonds. The first-order valence-corrected chi connectivity index (χ1v) is 3.78. The average molecular weight is 164 g/mol. The van der Waals surface area contributed by atoms with Crippen molar-refractivity contribution in [2.45, 2.75) is 31.4 Å². The number of aliphatic hydroxyl groups excluding tert-OH is 1. The molecule has 2 saturated heterocycles. The minimum Gasteiger partial charge on any atom is -0.393 e. The van der Waals surface area contributed by atoms with Crippen molar-refractivity contribution in [2.75, 3.05) is 6.54 Å². The van der Waals surface area contributed by atoms with E-state index in [1.54, 1.807) is 0 Å². The van der Waals surface area contributed by atoms with Crippen LogP contribution in [0.3, 0.4) is 0 Å². The van der Waals surface area contributed by atoms with Crippen LogP contribution >= 0.6 is 12.4 Å². The normalized spacial score (nSPS) is 44.7. The molecule has 1 saturated carbocycles. The van der Waals surface area contributed by atoms with E-state index in [1.807, 2.05) is 0 Å². The lowest BCUT2D eigenvalue weighted by molar-refractivity contribution is 0.0228. The van der Waals surface area contributed by atoms with Gasteiger partial charge in [-0.05, 0) is 25.2 Å². The van der Waals surface area contributed by atoms with Crippen molar-refractivity contribution in [1.82, 2.24) is 5.32 Å². The molecule has 3 heteroatoms. The monoisotopic (exact) mass is 163 g/mol. The Bertz CT molecular complexity index is 112. The Morgan fingerprint density at radius 2 is 2.10 bits per heavy atom. The molecule has 3 aliphatic rings. The molecule has 2 heterocycles. The maximum atomic E-state index is 9.36. The highest BCUT2D eigenvalue weighted by Crippen LogP contribution is 2.28. The summed E-state index contributed by atoms with van der Waals surface area (Å²) in [7, 11) is 0. The van der Waals surface area contributed by atoms with E-state index < -0.39 is 0 Å². The van der Waals surface area contributed by atoms with Crippen molar-refractivity contribution in [3.05, 3.63) is 0 Å². The molecular formula is C7H14ClNO. The molecule has 0 aromatic carbocycles. The number of rotatable bonds is 0. The summed E-state index contributed by atoms with van der Waals surface area (Å²) < 4.78 is 0. The fourth-order valence-electron chi connectivity index (χ4n) is 1.95. The topological polar surface area (TPSA) is 32.3 Å². The summed E-state index contributed by atoms with van der Waals surface area (Å²) in [5, 5.41) is 12.7. The zero-order chi connectivity index (χ0) is 6.27. The van der Waals surface area contributed by atoms with Gasteiger partial charge in [-0.15, -0.1) is 12.4 Å². The van der Waals surface area contributed by atoms with Gasteiger partial charge >= 0.3 is 0 Å². The molecule has 10 heavy (non-hydrogen) atoms. The van der Waals surface area contributed by atoms with Gasteiger partial charge < -0.3 is 10.4 Å². The second-order valence-corrected chi connectivity index (χ2v) is 3.25. The molecule has 3 atom stereocenters. The Hall–Kier alpha value is 0.210. The Balaban J connectivity index is 0.000000500. The van der Waals surface area contributed by atoms with E-state index in [2.05, 4.69) is 5.32 Å². The maximum Gasteiger partial charge on any atom is 0.0595 e. The lowest BCUT2D eigenvalue weighted by Crippen LogP contribution is -2.51. The first kappa shape index (κ1) is 8.31. The highest BCUT2D eigenvalue weighted by Gasteiger charge is 2.33. The summed E-state index contributed by atoms with van der Waals surface area (Å²) >= 11 is 0. The zero-order valence-electron chi connectivity index (χ0n) is 5.92. The van der Waals surface area contributed by atoms with Gasteiger partial charge in [0.25, 0.3) is 0 Å². The quantitative estimate of drug-likeness (QED) is 0.547. The van der Waals surface area contributed by atoms with E-state index in [0.29, 0.717) is 12.0 Å². The maximum absolute atomic E-state index is 9.36. The average Bonchev–Trinajstić information content (AvgIpc) is 1.90. The van der Waals surface area contributed by atoms with Crippen LogP contribution in [-0.4, -0.2) is 23.8 Å².